The van der Waals surface area contributed by atoms with E-state index in [2.05, 4.69) is 34.5 Å². The predicted octanol–water partition coefficient (Wildman–Crippen LogP) is 2.60. The molecule has 2 atom stereocenters. The minimum atomic E-state index is 0.0699. The van der Waals surface area contributed by atoms with Gasteiger partial charge in [-0.2, -0.15) is 0 Å². The summed E-state index contributed by atoms with van der Waals surface area (Å²) < 4.78 is 0.349. The first-order valence-corrected chi connectivity index (χ1v) is 5.66. The molecule has 0 radical (unpaired) electrons. The molecule has 0 aromatic rings. The zero-order chi connectivity index (χ0) is 9.14. The first-order chi connectivity index (χ1) is 5.66. The van der Waals surface area contributed by atoms with E-state index >= 15 is 0 Å². The highest BCUT2D eigenvalue weighted by Gasteiger charge is 2.31. The van der Waals surface area contributed by atoms with Gasteiger partial charge >= 0.3 is 0 Å². The summed E-state index contributed by atoms with van der Waals surface area (Å²) in [6.07, 6.45) is 3.32. The van der Waals surface area contributed by atoms with Crippen LogP contribution in [-0.4, -0.2) is 15.5 Å². The van der Waals surface area contributed by atoms with Gasteiger partial charge in [-0.3, -0.25) is 4.79 Å². The first kappa shape index (κ1) is 10.2. The van der Waals surface area contributed by atoms with Crippen molar-refractivity contribution in [1.29, 1.82) is 0 Å². The lowest BCUT2D eigenvalue weighted by atomic mass is 10.0. The molecule has 1 rings (SSSR count). The molecule has 12 heavy (non-hydrogen) atoms. The zero-order valence-corrected chi connectivity index (χ0v) is 9.67. The van der Waals surface area contributed by atoms with E-state index in [9.17, 15) is 4.79 Å². The third-order valence-corrected chi connectivity index (χ3v) is 3.98. The van der Waals surface area contributed by atoms with Gasteiger partial charge < -0.3 is 0 Å². The van der Waals surface area contributed by atoms with Crippen LogP contribution in [0.4, 0.5) is 0 Å². The average Bonchev–Trinajstić information content (AvgIpc) is 2.30. The second kappa shape index (κ2) is 4.35. The Hall–Kier alpha value is 0.0700. The van der Waals surface area contributed by atoms with Gasteiger partial charge in [-0.05, 0) is 12.8 Å². The van der Waals surface area contributed by atoms with E-state index in [0.717, 1.165) is 18.6 Å². The lowest BCUT2D eigenvalue weighted by molar-refractivity contribution is -0.119. The molecule has 68 valence electrons. The van der Waals surface area contributed by atoms with Crippen molar-refractivity contribution in [3.8, 4) is 0 Å². The van der Waals surface area contributed by atoms with Gasteiger partial charge in [0.05, 0.1) is 9.84 Å². The van der Waals surface area contributed by atoms with Gasteiger partial charge in [0.1, 0.15) is 0 Å². The minimum absolute atomic E-state index is 0.0699. The van der Waals surface area contributed by atoms with Gasteiger partial charge in [0.2, 0.25) is 5.91 Å². The number of carbonyl (C=O) groups excluding carboxylic acids is 1. The summed E-state index contributed by atoms with van der Waals surface area (Å²) >= 11 is 2.32. The molecular formula is C9H14INO. The van der Waals surface area contributed by atoms with Crippen LogP contribution >= 0.6 is 22.6 Å². The van der Waals surface area contributed by atoms with Crippen LogP contribution in [0.3, 0.4) is 0 Å². The lowest BCUT2D eigenvalue weighted by Crippen LogP contribution is -2.17. The molecule has 0 saturated heterocycles. The molecule has 1 aliphatic rings. The van der Waals surface area contributed by atoms with Crippen LogP contribution in [0.15, 0.2) is 4.99 Å². The zero-order valence-electron chi connectivity index (χ0n) is 7.51. The van der Waals surface area contributed by atoms with Crippen molar-refractivity contribution in [2.24, 2.45) is 10.9 Å². The molecule has 0 bridgehead atoms. The highest BCUT2D eigenvalue weighted by molar-refractivity contribution is 14.1. The molecule has 2 nitrogen and oxygen atoms in total. The maximum absolute atomic E-state index is 11.2. The Labute approximate surface area is 87.0 Å². The van der Waals surface area contributed by atoms with E-state index < -0.39 is 0 Å². The molecule has 2 unspecified atom stereocenters. The Balaban J connectivity index is 2.54. The fourth-order valence-corrected chi connectivity index (χ4v) is 2.03. The summed E-state index contributed by atoms with van der Waals surface area (Å²) in [7, 11) is 0. The molecule has 0 aromatic carbocycles. The monoisotopic (exact) mass is 279 g/mol. The van der Waals surface area contributed by atoms with E-state index in [0.29, 0.717) is 3.92 Å². The van der Waals surface area contributed by atoms with Crippen molar-refractivity contribution in [2.45, 2.75) is 37.0 Å². The highest BCUT2D eigenvalue weighted by Crippen LogP contribution is 2.25. The summed E-state index contributed by atoms with van der Waals surface area (Å²) in [6.45, 7) is 4.12. The lowest BCUT2D eigenvalue weighted by Gasteiger charge is -2.07. The summed E-state index contributed by atoms with van der Waals surface area (Å²) in [5.41, 5.74) is 1.11. The van der Waals surface area contributed by atoms with Gasteiger partial charge in [0, 0.05) is 5.71 Å². The van der Waals surface area contributed by atoms with E-state index in [1.165, 1.54) is 6.42 Å². The molecule has 0 N–H and O–H groups in total. The van der Waals surface area contributed by atoms with E-state index in [4.69, 9.17) is 0 Å². The summed E-state index contributed by atoms with van der Waals surface area (Å²) in [6, 6.07) is 0. The van der Waals surface area contributed by atoms with Crippen molar-refractivity contribution < 1.29 is 4.79 Å². The van der Waals surface area contributed by atoms with Crippen molar-refractivity contribution in [1.82, 2.24) is 0 Å². The number of unbranched alkanes of at least 4 members (excludes halogenated alkanes) is 1. The molecule has 0 aliphatic carbocycles. The fourth-order valence-electron chi connectivity index (χ4n) is 1.27. The third-order valence-electron chi connectivity index (χ3n) is 2.19. The molecule has 0 saturated carbocycles. The minimum Gasteiger partial charge on any atom is -0.272 e. The number of nitrogens with zero attached hydrogens (tertiary/aromatic N) is 1. The maximum atomic E-state index is 11.2. The number of amides is 1. The number of hydrogen-bond donors (Lipinski definition) is 0. The second-order valence-electron chi connectivity index (χ2n) is 3.24. The van der Waals surface area contributed by atoms with E-state index in [1.807, 2.05) is 6.92 Å². The topological polar surface area (TPSA) is 29.4 Å². The number of halogens is 1. The van der Waals surface area contributed by atoms with Crippen LogP contribution in [0.1, 0.15) is 33.1 Å². The quantitative estimate of drug-likeness (QED) is 0.576. The SMILES string of the molecule is CCCCC1=NC(=O)C(C)C1I. The number of alkyl halides is 1. The maximum Gasteiger partial charge on any atom is 0.249 e. The molecule has 1 heterocycles. The second-order valence-corrected chi connectivity index (χ2v) is 4.58. The molecule has 0 aromatic heterocycles. The first-order valence-electron chi connectivity index (χ1n) is 4.42. The van der Waals surface area contributed by atoms with E-state index in [-0.39, 0.29) is 11.8 Å². The van der Waals surface area contributed by atoms with Gasteiger partial charge in [-0.15, -0.1) is 0 Å². The van der Waals surface area contributed by atoms with Crippen LogP contribution in [0, 0.1) is 5.92 Å². The van der Waals surface area contributed by atoms with Crippen LogP contribution in [0.2, 0.25) is 0 Å². The van der Waals surface area contributed by atoms with Gasteiger partial charge in [-0.1, -0.05) is 42.9 Å². The van der Waals surface area contributed by atoms with Crippen molar-refractivity contribution in [3.63, 3.8) is 0 Å². The summed E-state index contributed by atoms with van der Waals surface area (Å²) in [5, 5.41) is 0. The van der Waals surface area contributed by atoms with Crippen LogP contribution < -0.4 is 0 Å². The van der Waals surface area contributed by atoms with Crippen molar-refractivity contribution >= 4 is 34.2 Å². The summed E-state index contributed by atoms with van der Waals surface area (Å²) in [4.78, 5) is 15.2. The van der Waals surface area contributed by atoms with Gasteiger partial charge in [-0.25, -0.2) is 4.99 Å². The Kier molecular flexibility index (Phi) is 3.68. The largest absolute Gasteiger partial charge is 0.272 e. The third kappa shape index (κ3) is 2.06. The van der Waals surface area contributed by atoms with Crippen molar-refractivity contribution in [2.75, 3.05) is 0 Å². The number of hydrogen-bond acceptors (Lipinski definition) is 1. The Morgan fingerprint density at radius 3 is 2.67 bits per heavy atom. The smallest absolute Gasteiger partial charge is 0.249 e. The normalized spacial score (nSPS) is 29.2. The molecule has 3 heteroatoms. The van der Waals surface area contributed by atoms with Crippen LogP contribution in [0.5, 0.6) is 0 Å². The number of rotatable bonds is 3. The molecule has 1 aliphatic heterocycles. The van der Waals surface area contributed by atoms with Crippen LogP contribution in [0.25, 0.3) is 0 Å². The average molecular weight is 279 g/mol. The molecule has 1 amide bonds. The standard InChI is InChI=1S/C9H14INO/c1-3-4-5-7-8(10)6(2)9(12)11-7/h6,8H,3-5H2,1-2H3. The number of carbonyl (C=O) groups is 1. The highest BCUT2D eigenvalue weighted by atomic mass is 127. The van der Waals surface area contributed by atoms with Crippen molar-refractivity contribution in [3.05, 3.63) is 0 Å². The van der Waals surface area contributed by atoms with E-state index in [1.54, 1.807) is 0 Å². The summed E-state index contributed by atoms with van der Waals surface area (Å²) in [5.74, 6) is 0.179. The van der Waals surface area contributed by atoms with Gasteiger partial charge in [0.15, 0.2) is 0 Å². The number of aliphatic imine (C=N–C) groups is 1. The molecule has 0 spiro atoms. The fraction of sp³-hybridized carbons (Fsp3) is 0.778. The van der Waals surface area contributed by atoms with Crippen LogP contribution in [-0.2, 0) is 4.79 Å². The predicted molar refractivity (Wildman–Crippen MR) is 58.9 cm³/mol. The molecular weight excluding hydrogens is 265 g/mol. The Bertz CT molecular complexity index is 213. The molecule has 0 fully saturated rings. The Morgan fingerprint density at radius 2 is 2.25 bits per heavy atom. The Morgan fingerprint density at radius 1 is 1.58 bits per heavy atom. The van der Waals surface area contributed by atoms with Gasteiger partial charge in [0.25, 0.3) is 0 Å².